The van der Waals surface area contributed by atoms with Crippen LogP contribution in [0.4, 0.5) is 0 Å². The molecule has 0 fully saturated rings. The monoisotopic (exact) mass is 246 g/mol. The Morgan fingerprint density at radius 1 is 0.895 bits per heavy atom. The Labute approximate surface area is 115 Å². The van der Waals surface area contributed by atoms with Crippen LogP contribution in [0.2, 0.25) is 0 Å². The maximum atomic E-state index is 3.80. The molecule has 1 aliphatic carbocycles. The minimum absolute atomic E-state index is 0.569. The largest absolute Gasteiger partial charge is 0.0985 e. The maximum absolute atomic E-state index is 3.80. The van der Waals surface area contributed by atoms with Crippen molar-refractivity contribution < 1.29 is 0 Å². The Morgan fingerprint density at radius 3 is 2.21 bits per heavy atom. The SMILES string of the molecule is C=Cc1ccc(C2C=CC2Cc2ccccc2)cc1. The van der Waals surface area contributed by atoms with Gasteiger partial charge in [0.2, 0.25) is 0 Å². The van der Waals surface area contributed by atoms with E-state index in [0.717, 1.165) is 6.42 Å². The molecule has 0 aromatic heterocycles. The minimum Gasteiger partial charge on any atom is -0.0985 e. The van der Waals surface area contributed by atoms with E-state index in [1.807, 2.05) is 6.08 Å². The smallest absolute Gasteiger partial charge is 0.00841 e. The van der Waals surface area contributed by atoms with Crippen LogP contribution in [0.15, 0.2) is 73.3 Å². The Kier molecular flexibility index (Phi) is 3.33. The van der Waals surface area contributed by atoms with Crippen LogP contribution in [0.3, 0.4) is 0 Å². The summed E-state index contributed by atoms with van der Waals surface area (Å²) in [6.45, 7) is 3.80. The molecular formula is C19H18. The zero-order valence-corrected chi connectivity index (χ0v) is 11.0. The summed E-state index contributed by atoms with van der Waals surface area (Å²) in [4.78, 5) is 0. The molecule has 2 aromatic rings. The molecule has 0 saturated carbocycles. The molecule has 2 atom stereocenters. The highest BCUT2D eigenvalue weighted by Gasteiger charge is 2.25. The van der Waals surface area contributed by atoms with Gasteiger partial charge in [0.1, 0.15) is 0 Å². The van der Waals surface area contributed by atoms with Gasteiger partial charge in [-0.3, -0.25) is 0 Å². The third kappa shape index (κ3) is 2.53. The van der Waals surface area contributed by atoms with E-state index in [1.165, 1.54) is 16.7 Å². The van der Waals surface area contributed by atoms with E-state index in [2.05, 4.69) is 73.3 Å². The van der Waals surface area contributed by atoms with Gasteiger partial charge >= 0.3 is 0 Å². The van der Waals surface area contributed by atoms with Gasteiger partial charge < -0.3 is 0 Å². The van der Waals surface area contributed by atoms with Crippen molar-refractivity contribution in [2.75, 3.05) is 0 Å². The normalized spacial score (nSPS) is 20.8. The number of hydrogen-bond donors (Lipinski definition) is 0. The van der Waals surface area contributed by atoms with E-state index in [1.54, 1.807) is 0 Å². The van der Waals surface area contributed by atoms with Gasteiger partial charge in [-0.05, 0) is 29.0 Å². The first kappa shape index (κ1) is 12.0. The molecule has 0 spiro atoms. The van der Waals surface area contributed by atoms with Crippen molar-refractivity contribution >= 4 is 6.08 Å². The third-order valence-corrected chi connectivity index (χ3v) is 3.90. The van der Waals surface area contributed by atoms with E-state index in [-0.39, 0.29) is 0 Å². The van der Waals surface area contributed by atoms with Crippen LogP contribution < -0.4 is 0 Å². The first-order valence-electron chi connectivity index (χ1n) is 6.81. The standard InChI is InChI=1S/C19H18/c1-2-15-8-10-17(11-9-15)19-13-12-18(19)14-16-6-4-3-5-7-16/h2-13,18-19H,1,14H2. The lowest BCUT2D eigenvalue weighted by Crippen LogP contribution is -2.19. The van der Waals surface area contributed by atoms with Crippen molar-refractivity contribution in [3.8, 4) is 0 Å². The summed E-state index contributed by atoms with van der Waals surface area (Å²) >= 11 is 0. The van der Waals surface area contributed by atoms with E-state index < -0.39 is 0 Å². The van der Waals surface area contributed by atoms with Gasteiger partial charge in [0.15, 0.2) is 0 Å². The summed E-state index contributed by atoms with van der Waals surface area (Å²) in [5.74, 6) is 1.20. The molecule has 2 unspecified atom stereocenters. The molecule has 0 amide bonds. The van der Waals surface area contributed by atoms with Crippen LogP contribution in [-0.2, 0) is 6.42 Å². The molecule has 19 heavy (non-hydrogen) atoms. The predicted octanol–water partition coefficient (Wildman–Crippen LogP) is 4.84. The van der Waals surface area contributed by atoms with Gasteiger partial charge in [0, 0.05) is 5.92 Å². The lowest BCUT2D eigenvalue weighted by molar-refractivity contribution is 0.528. The molecule has 0 heteroatoms. The summed E-state index contributed by atoms with van der Waals surface area (Å²) in [6, 6.07) is 19.5. The zero-order chi connectivity index (χ0) is 13.1. The fourth-order valence-electron chi connectivity index (χ4n) is 2.67. The van der Waals surface area contributed by atoms with E-state index in [9.17, 15) is 0 Å². The average molecular weight is 246 g/mol. The molecule has 0 nitrogen and oxygen atoms in total. The highest BCUT2D eigenvalue weighted by atomic mass is 14.3. The van der Waals surface area contributed by atoms with Crippen LogP contribution in [0.5, 0.6) is 0 Å². The van der Waals surface area contributed by atoms with Crippen molar-refractivity contribution in [3.63, 3.8) is 0 Å². The Bertz CT molecular complexity index is 575. The van der Waals surface area contributed by atoms with Crippen molar-refractivity contribution in [3.05, 3.63) is 90.0 Å². The minimum atomic E-state index is 0.569. The van der Waals surface area contributed by atoms with Gasteiger partial charge in [-0.15, -0.1) is 0 Å². The van der Waals surface area contributed by atoms with Gasteiger partial charge in [-0.1, -0.05) is 79.4 Å². The number of rotatable bonds is 4. The number of hydrogen-bond acceptors (Lipinski definition) is 0. The second-order valence-corrected chi connectivity index (χ2v) is 5.14. The molecule has 0 N–H and O–H groups in total. The van der Waals surface area contributed by atoms with Gasteiger partial charge in [0.25, 0.3) is 0 Å². The summed E-state index contributed by atoms with van der Waals surface area (Å²) in [6.07, 6.45) is 7.67. The molecule has 94 valence electrons. The zero-order valence-electron chi connectivity index (χ0n) is 11.0. The summed E-state index contributed by atoms with van der Waals surface area (Å²) in [5.41, 5.74) is 4.02. The second kappa shape index (κ2) is 5.27. The number of benzene rings is 2. The summed E-state index contributed by atoms with van der Waals surface area (Å²) in [5, 5.41) is 0. The van der Waals surface area contributed by atoms with E-state index >= 15 is 0 Å². The molecule has 0 bridgehead atoms. The first-order valence-corrected chi connectivity index (χ1v) is 6.81. The lowest BCUT2D eigenvalue weighted by atomic mass is 9.74. The average Bonchev–Trinajstić information content (AvgIpc) is 2.46. The predicted molar refractivity (Wildman–Crippen MR) is 82.1 cm³/mol. The van der Waals surface area contributed by atoms with Crippen LogP contribution in [0.25, 0.3) is 6.08 Å². The van der Waals surface area contributed by atoms with Gasteiger partial charge in [-0.2, -0.15) is 0 Å². The first-order chi connectivity index (χ1) is 9.36. The topological polar surface area (TPSA) is 0 Å². The molecule has 0 saturated heterocycles. The van der Waals surface area contributed by atoms with Crippen molar-refractivity contribution in [2.24, 2.45) is 5.92 Å². The quantitative estimate of drug-likeness (QED) is 0.677. The van der Waals surface area contributed by atoms with Crippen molar-refractivity contribution in [1.29, 1.82) is 0 Å². The molecule has 0 radical (unpaired) electrons. The van der Waals surface area contributed by atoms with Crippen LogP contribution in [0.1, 0.15) is 22.6 Å². The fourth-order valence-corrected chi connectivity index (χ4v) is 2.67. The highest BCUT2D eigenvalue weighted by Crippen LogP contribution is 2.37. The highest BCUT2D eigenvalue weighted by molar-refractivity contribution is 5.48. The molecular weight excluding hydrogens is 228 g/mol. The van der Waals surface area contributed by atoms with Crippen LogP contribution in [0, 0.1) is 5.92 Å². The summed E-state index contributed by atoms with van der Waals surface area (Å²) < 4.78 is 0. The van der Waals surface area contributed by atoms with Crippen LogP contribution >= 0.6 is 0 Å². The van der Waals surface area contributed by atoms with Crippen molar-refractivity contribution in [2.45, 2.75) is 12.3 Å². The van der Waals surface area contributed by atoms with Crippen molar-refractivity contribution in [1.82, 2.24) is 0 Å². The fraction of sp³-hybridized carbons (Fsp3) is 0.158. The summed E-state index contributed by atoms with van der Waals surface area (Å²) in [7, 11) is 0. The lowest BCUT2D eigenvalue weighted by Gasteiger charge is -2.30. The molecule has 0 heterocycles. The Morgan fingerprint density at radius 2 is 1.63 bits per heavy atom. The van der Waals surface area contributed by atoms with Gasteiger partial charge in [-0.25, -0.2) is 0 Å². The second-order valence-electron chi connectivity index (χ2n) is 5.14. The molecule has 2 aromatic carbocycles. The maximum Gasteiger partial charge on any atom is 0.00841 e. The third-order valence-electron chi connectivity index (χ3n) is 3.90. The van der Waals surface area contributed by atoms with Gasteiger partial charge in [0.05, 0.1) is 0 Å². The van der Waals surface area contributed by atoms with E-state index in [4.69, 9.17) is 0 Å². The van der Waals surface area contributed by atoms with E-state index in [0.29, 0.717) is 11.8 Å². The molecule has 1 aliphatic rings. The number of allylic oxidation sites excluding steroid dienone is 2. The Hall–Kier alpha value is -2.08. The molecule has 3 rings (SSSR count). The molecule has 0 aliphatic heterocycles. The van der Waals surface area contributed by atoms with Crippen LogP contribution in [-0.4, -0.2) is 0 Å². The Balaban J connectivity index is 1.72.